The number of nitrogens with two attached hydrogens (primary N) is 1. The summed E-state index contributed by atoms with van der Waals surface area (Å²) in [5, 5.41) is 18.6. The van der Waals surface area contributed by atoms with Gasteiger partial charge in [0, 0.05) is 5.92 Å². The number of aliphatic hydroxyl groups excluding tert-OH is 2. The minimum Gasteiger partial charge on any atom is -0.396 e. The molecule has 3 heterocycles. The molecule has 1 fully saturated rings. The molecular weight excluding hydrogens is 250 g/mol. The number of anilines is 1. The number of aromatic nitrogens is 4. The average Bonchev–Trinajstić information content (AvgIpc) is 3.02. The van der Waals surface area contributed by atoms with E-state index in [-0.39, 0.29) is 25.2 Å². The number of hydrogen-bond acceptors (Lipinski definition) is 7. The van der Waals surface area contributed by atoms with E-state index >= 15 is 0 Å². The van der Waals surface area contributed by atoms with E-state index in [0.717, 1.165) is 0 Å². The smallest absolute Gasteiger partial charge is 0.167 e. The van der Waals surface area contributed by atoms with Gasteiger partial charge >= 0.3 is 0 Å². The summed E-state index contributed by atoms with van der Waals surface area (Å²) in [6.45, 7) is -0.0990. The molecule has 1 aliphatic heterocycles. The normalized spacial score (nSPS) is 27.2. The lowest BCUT2D eigenvalue weighted by Crippen LogP contribution is -2.18. The van der Waals surface area contributed by atoms with E-state index in [1.165, 1.54) is 6.33 Å². The maximum atomic E-state index is 9.42. The van der Waals surface area contributed by atoms with Crippen LogP contribution in [0.5, 0.6) is 0 Å². The summed E-state index contributed by atoms with van der Waals surface area (Å²) in [7, 11) is 0. The summed E-state index contributed by atoms with van der Waals surface area (Å²) in [4.78, 5) is 12.2. The number of nitrogen functional groups attached to an aromatic ring is 1. The lowest BCUT2D eigenvalue weighted by Gasteiger charge is -2.18. The fourth-order valence-corrected chi connectivity index (χ4v) is 2.45. The van der Waals surface area contributed by atoms with Gasteiger partial charge in [0.2, 0.25) is 0 Å². The van der Waals surface area contributed by atoms with E-state index in [9.17, 15) is 10.2 Å². The van der Waals surface area contributed by atoms with Crippen LogP contribution >= 0.6 is 0 Å². The Labute approximate surface area is 108 Å². The van der Waals surface area contributed by atoms with Crippen LogP contribution in [0.2, 0.25) is 0 Å². The Hall–Kier alpha value is -1.77. The number of hydrogen-bond donors (Lipinski definition) is 3. The summed E-state index contributed by atoms with van der Waals surface area (Å²) < 4.78 is 7.44. The van der Waals surface area contributed by atoms with Crippen molar-refractivity contribution >= 4 is 17.0 Å². The lowest BCUT2D eigenvalue weighted by molar-refractivity contribution is -0.0364. The highest BCUT2D eigenvalue weighted by atomic mass is 16.5. The Kier molecular flexibility index (Phi) is 3.05. The zero-order valence-corrected chi connectivity index (χ0v) is 10.2. The van der Waals surface area contributed by atoms with Gasteiger partial charge in [-0.1, -0.05) is 0 Å². The first kappa shape index (κ1) is 12.3. The van der Waals surface area contributed by atoms with Crippen LogP contribution in [0.15, 0.2) is 12.7 Å². The van der Waals surface area contributed by atoms with Gasteiger partial charge in [-0.15, -0.1) is 0 Å². The van der Waals surface area contributed by atoms with Gasteiger partial charge in [-0.05, 0) is 6.42 Å². The van der Waals surface area contributed by atoms with Gasteiger partial charge in [0.1, 0.15) is 18.1 Å². The third-order valence-electron chi connectivity index (χ3n) is 3.40. The van der Waals surface area contributed by atoms with E-state index in [2.05, 4.69) is 15.0 Å². The first-order valence-corrected chi connectivity index (χ1v) is 6.04. The highest BCUT2D eigenvalue weighted by Gasteiger charge is 2.36. The molecule has 2 aromatic rings. The summed E-state index contributed by atoms with van der Waals surface area (Å²) in [5.74, 6) is 0.201. The van der Waals surface area contributed by atoms with Crippen LogP contribution in [-0.4, -0.2) is 49.0 Å². The van der Waals surface area contributed by atoms with E-state index in [4.69, 9.17) is 10.5 Å². The van der Waals surface area contributed by atoms with E-state index < -0.39 is 6.23 Å². The molecular formula is C11H15N5O3. The van der Waals surface area contributed by atoms with Crippen LogP contribution in [0.25, 0.3) is 11.2 Å². The van der Waals surface area contributed by atoms with Crippen molar-refractivity contribution in [2.75, 3.05) is 18.9 Å². The van der Waals surface area contributed by atoms with E-state index in [0.29, 0.717) is 23.4 Å². The van der Waals surface area contributed by atoms with Crippen LogP contribution in [0, 0.1) is 5.92 Å². The van der Waals surface area contributed by atoms with Gasteiger partial charge in [-0.2, -0.15) is 0 Å². The molecule has 0 spiro atoms. The topological polar surface area (TPSA) is 119 Å². The van der Waals surface area contributed by atoms with Crippen molar-refractivity contribution in [2.45, 2.75) is 18.8 Å². The van der Waals surface area contributed by atoms with Crippen molar-refractivity contribution in [1.29, 1.82) is 0 Å². The highest BCUT2D eigenvalue weighted by molar-refractivity contribution is 5.81. The zero-order valence-electron chi connectivity index (χ0n) is 10.2. The molecule has 0 aliphatic carbocycles. The maximum absolute atomic E-state index is 9.42. The Balaban J connectivity index is 2.02. The van der Waals surface area contributed by atoms with Crippen molar-refractivity contribution < 1.29 is 14.9 Å². The van der Waals surface area contributed by atoms with Crippen molar-refractivity contribution in [3.63, 3.8) is 0 Å². The van der Waals surface area contributed by atoms with E-state index in [1.54, 1.807) is 10.9 Å². The van der Waals surface area contributed by atoms with Gasteiger partial charge < -0.3 is 20.7 Å². The molecule has 19 heavy (non-hydrogen) atoms. The molecule has 0 aromatic carbocycles. The third kappa shape index (κ3) is 1.93. The number of imidazole rings is 1. The molecule has 3 unspecified atom stereocenters. The van der Waals surface area contributed by atoms with Crippen LogP contribution in [-0.2, 0) is 4.74 Å². The Morgan fingerprint density at radius 3 is 2.89 bits per heavy atom. The van der Waals surface area contributed by atoms with Crippen LogP contribution in [0.4, 0.5) is 5.82 Å². The van der Waals surface area contributed by atoms with Crippen molar-refractivity contribution in [1.82, 2.24) is 19.5 Å². The fourth-order valence-electron chi connectivity index (χ4n) is 2.45. The number of nitrogens with zero attached hydrogens (tertiary/aromatic N) is 4. The molecule has 0 amide bonds. The van der Waals surface area contributed by atoms with Gasteiger partial charge in [0.25, 0.3) is 0 Å². The van der Waals surface area contributed by atoms with Crippen molar-refractivity contribution in [3.8, 4) is 0 Å². The second kappa shape index (κ2) is 4.72. The summed E-state index contributed by atoms with van der Waals surface area (Å²) in [6.07, 6.45) is 2.85. The molecule has 3 rings (SSSR count). The first-order valence-electron chi connectivity index (χ1n) is 6.04. The molecule has 1 saturated heterocycles. The number of fused-ring (bicyclic) bond motifs is 1. The van der Waals surface area contributed by atoms with Crippen LogP contribution in [0.3, 0.4) is 0 Å². The molecule has 1 aliphatic rings. The zero-order chi connectivity index (χ0) is 13.4. The maximum Gasteiger partial charge on any atom is 0.167 e. The number of rotatable bonds is 3. The molecule has 3 atom stereocenters. The van der Waals surface area contributed by atoms with Crippen LogP contribution < -0.4 is 5.73 Å². The van der Waals surface area contributed by atoms with E-state index in [1.807, 2.05) is 0 Å². The SMILES string of the molecule is Nc1ncnc2c1ncn2C1OC(CO)CC1CO. The monoisotopic (exact) mass is 265 g/mol. The van der Waals surface area contributed by atoms with Gasteiger partial charge in [0.15, 0.2) is 11.5 Å². The van der Waals surface area contributed by atoms with Gasteiger partial charge in [-0.25, -0.2) is 15.0 Å². The van der Waals surface area contributed by atoms with Crippen LogP contribution in [0.1, 0.15) is 12.6 Å². The van der Waals surface area contributed by atoms with Crippen molar-refractivity contribution in [2.24, 2.45) is 5.92 Å². The Morgan fingerprint density at radius 1 is 1.32 bits per heavy atom. The largest absolute Gasteiger partial charge is 0.396 e. The molecule has 2 aromatic heterocycles. The Bertz CT molecular complexity index is 587. The number of ether oxygens (including phenoxy) is 1. The molecule has 0 saturated carbocycles. The second-order valence-corrected chi connectivity index (χ2v) is 4.59. The molecule has 0 bridgehead atoms. The molecule has 4 N–H and O–H groups in total. The standard InChI is InChI=1S/C11H15N5O3/c12-9-8-10(14-4-13-9)16(5-15-8)11-6(2-17)1-7(3-18)19-11/h4-7,11,17-18H,1-3H2,(H2,12,13,14). The van der Waals surface area contributed by atoms with Gasteiger partial charge in [0.05, 0.1) is 25.6 Å². The molecule has 0 radical (unpaired) electrons. The lowest BCUT2D eigenvalue weighted by atomic mass is 10.0. The average molecular weight is 265 g/mol. The molecule has 8 nitrogen and oxygen atoms in total. The quantitative estimate of drug-likeness (QED) is 0.671. The molecule has 102 valence electrons. The first-order chi connectivity index (χ1) is 9.24. The predicted octanol–water partition coefficient (Wildman–Crippen LogP) is -0.703. The Morgan fingerprint density at radius 2 is 2.16 bits per heavy atom. The highest BCUT2D eigenvalue weighted by Crippen LogP contribution is 2.35. The predicted molar refractivity (Wildman–Crippen MR) is 65.9 cm³/mol. The fraction of sp³-hybridized carbons (Fsp3) is 0.545. The molecule has 8 heteroatoms. The summed E-state index contributed by atoms with van der Waals surface area (Å²) in [5.41, 5.74) is 6.81. The summed E-state index contributed by atoms with van der Waals surface area (Å²) >= 11 is 0. The third-order valence-corrected chi connectivity index (χ3v) is 3.40. The van der Waals surface area contributed by atoms with Crippen molar-refractivity contribution in [3.05, 3.63) is 12.7 Å². The number of aliphatic hydroxyl groups is 2. The minimum atomic E-state index is -0.401. The summed E-state index contributed by atoms with van der Waals surface area (Å²) in [6, 6.07) is 0. The second-order valence-electron chi connectivity index (χ2n) is 4.59. The minimum absolute atomic E-state index is 0.0264. The van der Waals surface area contributed by atoms with Gasteiger partial charge in [-0.3, -0.25) is 4.57 Å².